The summed E-state index contributed by atoms with van der Waals surface area (Å²) >= 11 is 0. The smallest absolute Gasteiger partial charge is 0.0456 e. The van der Waals surface area contributed by atoms with Gasteiger partial charge in [0, 0.05) is 25.3 Å². The van der Waals surface area contributed by atoms with E-state index in [0.717, 1.165) is 6.54 Å². The van der Waals surface area contributed by atoms with Crippen LogP contribution in [-0.2, 0) is 0 Å². The average molecular weight is 153 g/mol. The standard InChI is InChI=1S/C8H15N3/c1-10-8(5-9)7-3-2-4-11-6-7/h2-3,6,8,10-11H,4-5,9H2,1H3. The molecule has 0 saturated carbocycles. The number of rotatable bonds is 3. The molecule has 0 amide bonds. The highest BCUT2D eigenvalue weighted by Gasteiger charge is 2.07. The van der Waals surface area contributed by atoms with Crippen LogP contribution in [0.2, 0.25) is 0 Å². The van der Waals surface area contributed by atoms with E-state index in [-0.39, 0.29) is 6.04 Å². The van der Waals surface area contributed by atoms with Crippen LogP contribution in [0.3, 0.4) is 0 Å². The van der Waals surface area contributed by atoms with E-state index in [4.69, 9.17) is 5.73 Å². The topological polar surface area (TPSA) is 50.1 Å². The van der Waals surface area contributed by atoms with Crippen LogP contribution in [0.4, 0.5) is 0 Å². The van der Waals surface area contributed by atoms with E-state index in [2.05, 4.69) is 22.8 Å². The van der Waals surface area contributed by atoms with E-state index in [1.807, 2.05) is 13.2 Å². The van der Waals surface area contributed by atoms with E-state index in [1.165, 1.54) is 5.57 Å². The molecule has 1 heterocycles. The summed E-state index contributed by atoms with van der Waals surface area (Å²) in [7, 11) is 1.92. The lowest BCUT2D eigenvalue weighted by Gasteiger charge is -2.17. The second-order valence-corrected chi connectivity index (χ2v) is 2.53. The molecule has 0 fully saturated rings. The van der Waals surface area contributed by atoms with Crippen molar-refractivity contribution in [3.05, 3.63) is 23.9 Å². The summed E-state index contributed by atoms with van der Waals surface area (Å²) in [4.78, 5) is 0. The van der Waals surface area contributed by atoms with E-state index >= 15 is 0 Å². The summed E-state index contributed by atoms with van der Waals surface area (Å²) in [6.45, 7) is 1.55. The van der Waals surface area contributed by atoms with Crippen LogP contribution in [-0.4, -0.2) is 26.2 Å². The van der Waals surface area contributed by atoms with Gasteiger partial charge in [-0.15, -0.1) is 0 Å². The molecule has 1 aliphatic heterocycles. The first-order valence-corrected chi connectivity index (χ1v) is 3.86. The zero-order valence-electron chi connectivity index (χ0n) is 6.80. The molecule has 0 bridgehead atoms. The summed E-state index contributed by atoms with van der Waals surface area (Å²) in [5.74, 6) is 0. The predicted molar refractivity (Wildman–Crippen MR) is 47.1 cm³/mol. The van der Waals surface area contributed by atoms with Crippen molar-refractivity contribution in [1.29, 1.82) is 0 Å². The third-order valence-corrected chi connectivity index (χ3v) is 1.80. The Balaban J connectivity index is 2.56. The van der Waals surface area contributed by atoms with Gasteiger partial charge in [0.2, 0.25) is 0 Å². The molecule has 62 valence electrons. The number of hydrogen-bond acceptors (Lipinski definition) is 3. The van der Waals surface area contributed by atoms with Gasteiger partial charge in [-0.1, -0.05) is 12.2 Å². The van der Waals surface area contributed by atoms with Crippen LogP contribution in [0.1, 0.15) is 0 Å². The van der Waals surface area contributed by atoms with Crippen molar-refractivity contribution in [2.24, 2.45) is 5.73 Å². The van der Waals surface area contributed by atoms with Gasteiger partial charge in [-0.25, -0.2) is 0 Å². The molecule has 0 aromatic carbocycles. The van der Waals surface area contributed by atoms with E-state index in [1.54, 1.807) is 0 Å². The number of hydrogen-bond donors (Lipinski definition) is 3. The van der Waals surface area contributed by atoms with Crippen LogP contribution < -0.4 is 16.4 Å². The largest absolute Gasteiger partial charge is 0.387 e. The Morgan fingerprint density at radius 1 is 1.82 bits per heavy atom. The van der Waals surface area contributed by atoms with Gasteiger partial charge in [-0.3, -0.25) is 0 Å². The van der Waals surface area contributed by atoms with Crippen molar-refractivity contribution < 1.29 is 0 Å². The summed E-state index contributed by atoms with van der Waals surface area (Å²) in [6.07, 6.45) is 6.20. The van der Waals surface area contributed by atoms with E-state index in [0.29, 0.717) is 6.54 Å². The Labute approximate surface area is 67.3 Å². The molecule has 4 N–H and O–H groups in total. The average Bonchev–Trinajstić information content (AvgIpc) is 2.09. The fourth-order valence-electron chi connectivity index (χ4n) is 1.13. The molecule has 0 radical (unpaired) electrons. The molecule has 1 rings (SSSR count). The lowest BCUT2D eigenvalue weighted by molar-refractivity contribution is 0.647. The monoisotopic (exact) mass is 153 g/mol. The second-order valence-electron chi connectivity index (χ2n) is 2.53. The second kappa shape index (κ2) is 4.16. The van der Waals surface area contributed by atoms with Crippen LogP contribution in [0.15, 0.2) is 23.9 Å². The predicted octanol–water partition coefficient (Wildman–Crippen LogP) is -0.424. The molecule has 0 aliphatic carbocycles. The molecule has 3 heteroatoms. The van der Waals surface area contributed by atoms with Crippen molar-refractivity contribution in [2.45, 2.75) is 6.04 Å². The first kappa shape index (κ1) is 8.30. The van der Waals surface area contributed by atoms with Crippen molar-refractivity contribution in [3.63, 3.8) is 0 Å². The summed E-state index contributed by atoms with van der Waals surface area (Å²) < 4.78 is 0. The van der Waals surface area contributed by atoms with Crippen LogP contribution in [0.5, 0.6) is 0 Å². The zero-order valence-corrected chi connectivity index (χ0v) is 6.80. The Bertz CT molecular complexity index is 168. The maximum Gasteiger partial charge on any atom is 0.0456 e. The molecule has 0 spiro atoms. The Morgan fingerprint density at radius 2 is 2.64 bits per heavy atom. The Hall–Kier alpha value is -0.800. The zero-order chi connectivity index (χ0) is 8.10. The molecule has 1 unspecified atom stereocenters. The maximum atomic E-state index is 5.55. The lowest BCUT2D eigenvalue weighted by atomic mass is 10.1. The molecular weight excluding hydrogens is 138 g/mol. The lowest BCUT2D eigenvalue weighted by Crippen LogP contribution is -2.36. The van der Waals surface area contributed by atoms with Crippen molar-refractivity contribution in [3.8, 4) is 0 Å². The molecule has 0 aromatic heterocycles. The maximum absolute atomic E-state index is 5.55. The van der Waals surface area contributed by atoms with Crippen molar-refractivity contribution in [2.75, 3.05) is 20.1 Å². The molecule has 1 atom stereocenters. The summed E-state index contributed by atoms with van der Waals surface area (Å²) in [6, 6.07) is 0.277. The van der Waals surface area contributed by atoms with Gasteiger partial charge in [-0.05, 0) is 12.6 Å². The fraction of sp³-hybridized carbons (Fsp3) is 0.500. The molecule has 1 aliphatic rings. The highest BCUT2D eigenvalue weighted by atomic mass is 14.9. The quantitative estimate of drug-likeness (QED) is 0.516. The van der Waals surface area contributed by atoms with E-state index in [9.17, 15) is 0 Å². The van der Waals surface area contributed by atoms with Gasteiger partial charge >= 0.3 is 0 Å². The summed E-state index contributed by atoms with van der Waals surface area (Å²) in [5.41, 5.74) is 6.77. The molecule has 0 saturated heterocycles. The SMILES string of the molecule is CNC(CN)C1=CNCC=C1. The minimum absolute atomic E-state index is 0.277. The van der Waals surface area contributed by atoms with Gasteiger partial charge in [0.25, 0.3) is 0 Å². The minimum atomic E-state index is 0.277. The first-order valence-electron chi connectivity index (χ1n) is 3.86. The van der Waals surface area contributed by atoms with Crippen LogP contribution in [0, 0.1) is 0 Å². The number of nitrogens with two attached hydrogens (primary N) is 1. The minimum Gasteiger partial charge on any atom is -0.387 e. The van der Waals surface area contributed by atoms with Crippen molar-refractivity contribution in [1.82, 2.24) is 10.6 Å². The number of nitrogens with one attached hydrogen (secondary N) is 2. The van der Waals surface area contributed by atoms with E-state index < -0.39 is 0 Å². The highest BCUT2D eigenvalue weighted by Crippen LogP contribution is 2.04. The van der Waals surface area contributed by atoms with Gasteiger partial charge < -0.3 is 16.4 Å². The highest BCUT2D eigenvalue weighted by molar-refractivity contribution is 5.27. The molecule has 0 aromatic rings. The Kier molecular flexibility index (Phi) is 3.14. The van der Waals surface area contributed by atoms with Crippen LogP contribution in [0.25, 0.3) is 0 Å². The first-order chi connectivity index (χ1) is 5.38. The third-order valence-electron chi connectivity index (χ3n) is 1.80. The van der Waals surface area contributed by atoms with Crippen molar-refractivity contribution >= 4 is 0 Å². The number of dihydropyridines is 1. The number of likely N-dealkylation sites (N-methyl/N-ethyl adjacent to an activating group) is 1. The fourth-order valence-corrected chi connectivity index (χ4v) is 1.13. The Morgan fingerprint density at radius 3 is 3.09 bits per heavy atom. The molecular formula is C8H15N3. The molecule has 3 nitrogen and oxygen atoms in total. The van der Waals surface area contributed by atoms with Gasteiger partial charge in [0.1, 0.15) is 0 Å². The normalized spacial score (nSPS) is 18.9. The third kappa shape index (κ3) is 2.06. The van der Waals surface area contributed by atoms with Gasteiger partial charge in [0.15, 0.2) is 0 Å². The molecule has 11 heavy (non-hydrogen) atoms. The van der Waals surface area contributed by atoms with Crippen LogP contribution >= 0.6 is 0 Å². The summed E-state index contributed by atoms with van der Waals surface area (Å²) in [5, 5.41) is 6.28. The van der Waals surface area contributed by atoms with Gasteiger partial charge in [-0.2, -0.15) is 0 Å². The van der Waals surface area contributed by atoms with Gasteiger partial charge in [0.05, 0.1) is 0 Å².